The van der Waals surface area contributed by atoms with Crippen molar-refractivity contribution in [1.29, 1.82) is 5.41 Å². The first kappa shape index (κ1) is 20.2. The first-order chi connectivity index (χ1) is 12.9. The van der Waals surface area contributed by atoms with Crippen molar-refractivity contribution in [2.24, 2.45) is 5.16 Å². The van der Waals surface area contributed by atoms with Crippen molar-refractivity contribution in [3.05, 3.63) is 65.2 Å². The Balaban J connectivity index is 1.73. The van der Waals surface area contributed by atoms with Crippen molar-refractivity contribution in [3.63, 3.8) is 0 Å². The Morgan fingerprint density at radius 2 is 1.70 bits per heavy atom. The quantitative estimate of drug-likeness (QED) is 0.369. The van der Waals surface area contributed by atoms with Gasteiger partial charge >= 0.3 is 6.18 Å². The lowest BCUT2D eigenvalue weighted by Gasteiger charge is -2.07. The lowest BCUT2D eigenvalue weighted by molar-refractivity contribution is -0.137. The molecule has 0 aliphatic carbocycles. The fourth-order valence-electron chi connectivity index (χ4n) is 2.01. The van der Waals surface area contributed by atoms with Crippen LogP contribution in [0.15, 0.2) is 53.7 Å². The molecule has 3 N–H and O–H groups in total. The maximum Gasteiger partial charge on any atom is 0.416 e. The Bertz CT molecular complexity index is 760. The number of ether oxygens (including phenoxy) is 1. The zero-order valence-corrected chi connectivity index (χ0v) is 14.2. The highest BCUT2D eigenvalue weighted by atomic mass is 19.4. The number of nitrogens with one attached hydrogen (secondary N) is 2. The van der Waals surface area contributed by atoms with Gasteiger partial charge in [0, 0.05) is 12.6 Å². The Labute approximate surface area is 153 Å². The molecule has 2 aromatic rings. The van der Waals surface area contributed by atoms with Gasteiger partial charge < -0.3 is 9.57 Å². The molecule has 2 rings (SSSR count). The highest BCUT2D eigenvalue weighted by molar-refractivity contribution is 5.79. The third kappa shape index (κ3) is 6.98. The molecule has 0 saturated carbocycles. The minimum Gasteiger partial charge on any atom is -0.486 e. The smallest absolute Gasteiger partial charge is 0.416 e. The van der Waals surface area contributed by atoms with Gasteiger partial charge in [0.25, 0.3) is 0 Å². The summed E-state index contributed by atoms with van der Waals surface area (Å²) in [5, 5.41) is 19.5. The van der Waals surface area contributed by atoms with Gasteiger partial charge in [-0.15, -0.1) is 0 Å². The van der Waals surface area contributed by atoms with E-state index in [1.807, 2.05) is 12.1 Å². The van der Waals surface area contributed by atoms with Crippen LogP contribution in [-0.4, -0.2) is 23.9 Å². The second-order valence-corrected chi connectivity index (χ2v) is 5.48. The molecule has 0 saturated heterocycles. The van der Waals surface area contributed by atoms with Gasteiger partial charge in [-0.2, -0.15) is 13.2 Å². The Kier molecular flexibility index (Phi) is 7.18. The van der Waals surface area contributed by atoms with E-state index in [1.54, 1.807) is 23.8 Å². The summed E-state index contributed by atoms with van der Waals surface area (Å²) >= 11 is 0. The molecule has 0 unspecified atom stereocenters. The first-order valence-electron chi connectivity index (χ1n) is 7.87. The van der Waals surface area contributed by atoms with Crippen LogP contribution < -0.4 is 10.2 Å². The first-order valence-corrected chi connectivity index (χ1v) is 7.87. The van der Waals surface area contributed by atoms with Crippen molar-refractivity contribution >= 4 is 12.1 Å². The number of rotatable bonds is 8. The molecule has 0 radical (unpaired) electrons. The van der Waals surface area contributed by atoms with Gasteiger partial charge in [0.15, 0.2) is 5.84 Å². The van der Waals surface area contributed by atoms with Crippen molar-refractivity contribution < 1.29 is 28.0 Å². The molecule has 0 bridgehead atoms. The molecule has 2 aromatic carbocycles. The number of amidine groups is 1. The second kappa shape index (κ2) is 9.58. The predicted octanol–water partition coefficient (Wildman–Crippen LogP) is 3.79. The van der Waals surface area contributed by atoms with E-state index in [0.29, 0.717) is 17.7 Å². The Morgan fingerprint density at radius 3 is 2.30 bits per heavy atom. The number of hydrogen-bond acceptors (Lipinski definition) is 5. The fraction of sp³-hybridized carbons (Fsp3) is 0.222. The summed E-state index contributed by atoms with van der Waals surface area (Å²) < 4.78 is 42.7. The summed E-state index contributed by atoms with van der Waals surface area (Å²) in [5.74, 6) is 0.394. The predicted molar refractivity (Wildman–Crippen MR) is 93.0 cm³/mol. The average molecular weight is 381 g/mol. The molecule has 0 fully saturated rings. The Hall–Kier alpha value is -3.07. The van der Waals surface area contributed by atoms with Crippen molar-refractivity contribution in [1.82, 2.24) is 5.48 Å². The fourth-order valence-corrected chi connectivity index (χ4v) is 2.01. The number of halogens is 3. The van der Waals surface area contributed by atoms with Gasteiger partial charge in [-0.1, -0.05) is 29.4 Å². The molecule has 27 heavy (non-hydrogen) atoms. The minimum absolute atomic E-state index is 0.0743. The molecule has 0 amide bonds. The van der Waals surface area contributed by atoms with E-state index in [2.05, 4.69) is 5.16 Å². The van der Waals surface area contributed by atoms with E-state index in [4.69, 9.17) is 20.2 Å². The van der Waals surface area contributed by atoms with E-state index < -0.39 is 11.7 Å². The largest absolute Gasteiger partial charge is 0.486 e. The number of hydrogen-bond donors (Lipinski definition) is 3. The van der Waals surface area contributed by atoms with Crippen molar-refractivity contribution in [2.45, 2.75) is 19.2 Å². The van der Waals surface area contributed by atoms with Crippen LogP contribution in [0.3, 0.4) is 0 Å². The summed E-state index contributed by atoms with van der Waals surface area (Å²) in [5.41, 5.74) is 2.51. The SMILES string of the molecule is N=C(COc1ccc(CC=NOCc2ccc(C(F)(F)F)cc2)cc1)NO. The summed E-state index contributed by atoms with van der Waals surface area (Å²) in [6, 6.07) is 11.8. The van der Waals surface area contributed by atoms with Gasteiger partial charge in [-0.05, 0) is 35.4 Å². The molecule has 0 atom stereocenters. The van der Waals surface area contributed by atoms with Gasteiger partial charge in [0.1, 0.15) is 19.0 Å². The standard InChI is InChI=1S/C18H18F3N3O3/c19-18(20,21)15-5-1-14(2-6-15)11-27-23-10-9-13-3-7-16(8-4-13)26-12-17(22)24-25/h1-8,10,25H,9,11-12H2,(H2,22,24). The number of hydroxylamine groups is 1. The number of benzene rings is 2. The van der Waals surface area contributed by atoms with Crippen molar-refractivity contribution in [2.75, 3.05) is 6.61 Å². The monoisotopic (exact) mass is 381 g/mol. The van der Waals surface area contributed by atoms with E-state index in [9.17, 15) is 13.2 Å². The van der Waals surface area contributed by atoms with E-state index in [-0.39, 0.29) is 19.0 Å². The molecule has 0 spiro atoms. The van der Waals surface area contributed by atoms with Crippen LogP contribution in [0.25, 0.3) is 0 Å². The van der Waals surface area contributed by atoms with Gasteiger partial charge in [-0.3, -0.25) is 16.1 Å². The number of nitrogens with zero attached hydrogens (tertiary/aromatic N) is 1. The summed E-state index contributed by atoms with van der Waals surface area (Å²) in [6.07, 6.45) is -2.30. The van der Waals surface area contributed by atoms with Crippen LogP contribution in [0.5, 0.6) is 5.75 Å². The van der Waals surface area contributed by atoms with E-state index in [1.165, 1.54) is 12.1 Å². The topological polar surface area (TPSA) is 86.9 Å². The number of oxime groups is 1. The van der Waals surface area contributed by atoms with E-state index in [0.717, 1.165) is 17.7 Å². The molecule has 144 valence electrons. The molecule has 6 nitrogen and oxygen atoms in total. The second-order valence-electron chi connectivity index (χ2n) is 5.48. The van der Waals surface area contributed by atoms with Crippen LogP contribution in [0.2, 0.25) is 0 Å². The van der Waals surface area contributed by atoms with Crippen LogP contribution in [0.4, 0.5) is 13.2 Å². The maximum atomic E-state index is 12.5. The van der Waals surface area contributed by atoms with Crippen LogP contribution in [-0.2, 0) is 24.0 Å². The lowest BCUT2D eigenvalue weighted by atomic mass is 10.1. The lowest BCUT2D eigenvalue weighted by Crippen LogP contribution is -2.24. The molecule has 0 aromatic heterocycles. The number of alkyl halides is 3. The minimum atomic E-state index is -4.35. The highest BCUT2D eigenvalue weighted by Crippen LogP contribution is 2.29. The van der Waals surface area contributed by atoms with E-state index >= 15 is 0 Å². The third-order valence-corrected chi connectivity index (χ3v) is 3.43. The van der Waals surface area contributed by atoms with Crippen LogP contribution in [0, 0.1) is 5.41 Å². The molecule has 0 aliphatic heterocycles. The normalized spacial score (nSPS) is 11.4. The summed E-state index contributed by atoms with van der Waals surface area (Å²) in [6.45, 7) is 0.00135. The Morgan fingerprint density at radius 1 is 1.07 bits per heavy atom. The van der Waals surface area contributed by atoms with Crippen molar-refractivity contribution in [3.8, 4) is 5.75 Å². The van der Waals surface area contributed by atoms with Gasteiger partial charge in [0.2, 0.25) is 0 Å². The molecule has 9 heteroatoms. The zero-order valence-electron chi connectivity index (χ0n) is 14.2. The van der Waals surface area contributed by atoms with Gasteiger partial charge in [-0.25, -0.2) is 0 Å². The molecule has 0 aliphatic rings. The maximum absolute atomic E-state index is 12.5. The molecular formula is C18H18F3N3O3. The average Bonchev–Trinajstić information content (AvgIpc) is 2.66. The summed E-state index contributed by atoms with van der Waals surface area (Å²) in [4.78, 5) is 5.08. The van der Waals surface area contributed by atoms with Crippen LogP contribution in [0.1, 0.15) is 16.7 Å². The molecular weight excluding hydrogens is 363 g/mol. The zero-order chi connectivity index (χ0) is 19.7. The highest BCUT2D eigenvalue weighted by Gasteiger charge is 2.29. The summed E-state index contributed by atoms with van der Waals surface area (Å²) in [7, 11) is 0. The molecule has 0 heterocycles. The third-order valence-electron chi connectivity index (χ3n) is 3.43. The van der Waals surface area contributed by atoms with Gasteiger partial charge in [0.05, 0.1) is 5.56 Å². The van der Waals surface area contributed by atoms with Crippen LogP contribution >= 0.6 is 0 Å².